The molecule has 3 rings (SSSR count). The molecule has 0 aliphatic rings. The Hall–Kier alpha value is -3.09. The number of hydrogen-bond donors (Lipinski definition) is 2. The van der Waals surface area contributed by atoms with E-state index in [2.05, 4.69) is 34.4 Å². The minimum absolute atomic E-state index is 0.104. The summed E-state index contributed by atoms with van der Waals surface area (Å²) in [5.74, 6) is -0.173. The van der Waals surface area contributed by atoms with Crippen LogP contribution < -0.4 is 10.6 Å². The number of alkyl halides is 3. The van der Waals surface area contributed by atoms with Gasteiger partial charge in [-0.05, 0) is 61.1 Å². The number of halogens is 3. The second-order valence-corrected chi connectivity index (χ2v) is 8.87. The van der Waals surface area contributed by atoms with Gasteiger partial charge in [0.1, 0.15) is 11.4 Å². The number of aryl methyl sites for hydroxylation is 2. The van der Waals surface area contributed by atoms with Gasteiger partial charge in [0.15, 0.2) is 0 Å². The summed E-state index contributed by atoms with van der Waals surface area (Å²) in [5.41, 5.74) is 2.77. The number of unbranched alkanes of at least 4 members (excludes halogenated alkanes) is 5. The number of nitrogens with one attached hydrogen (secondary N) is 2. The molecule has 188 valence electrons. The first-order valence-electron chi connectivity index (χ1n) is 12.5. The van der Waals surface area contributed by atoms with Gasteiger partial charge in [0, 0.05) is 17.6 Å². The summed E-state index contributed by atoms with van der Waals surface area (Å²) in [6.07, 6.45) is 6.44. The van der Waals surface area contributed by atoms with Crippen molar-refractivity contribution < 1.29 is 13.2 Å². The molecular formula is C28H35F3N4. The Balaban J connectivity index is 1.70. The van der Waals surface area contributed by atoms with Crippen LogP contribution in [-0.2, 0) is 19.0 Å². The van der Waals surface area contributed by atoms with Crippen molar-refractivity contribution in [2.24, 2.45) is 0 Å². The summed E-state index contributed by atoms with van der Waals surface area (Å²) in [6.45, 7) is 4.34. The Morgan fingerprint density at radius 3 is 1.74 bits per heavy atom. The fourth-order valence-electron chi connectivity index (χ4n) is 3.86. The molecule has 2 aromatic carbocycles. The number of hydrogen-bond acceptors (Lipinski definition) is 4. The minimum Gasteiger partial charge on any atom is -0.340 e. The van der Waals surface area contributed by atoms with Gasteiger partial charge in [0.25, 0.3) is 0 Å². The number of aromatic nitrogens is 2. The normalized spacial score (nSPS) is 11.5. The molecule has 0 bridgehead atoms. The number of benzene rings is 2. The first-order chi connectivity index (χ1) is 16.9. The average molecular weight is 485 g/mol. The second-order valence-electron chi connectivity index (χ2n) is 8.87. The second kappa shape index (κ2) is 13.1. The molecular weight excluding hydrogens is 449 g/mol. The van der Waals surface area contributed by atoms with Crippen LogP contribution >= 0.6 is 0 Å². The smallest absolute Gasteiger partial charge is 0.340 e. The van der Waals surface area contributed by atoms with Gasteiger partial charge < -0.3 is 10.6 Å². The summed E-state index contributed by atoms with van der Waals surface area (Å²) in [7, 11) is 0. The van der Waals surface area contributed by atoms with Crippen LogP contribution in [0.5, 0.6) is 0 Å². The minimum atomic E-state index is -4.57. The maximum atomic E-state index is 13.6. The quantitative estimate of drug-likeness (QED) is 0.238. The summed E-state index contributed by atoms with van der Waals surface area (Å²) in [5, 5.41) is 5.85. The maximum absolute atomic E-state index is 13.6. The molecule has 0 amide bonds. The lowest BCUT2D eigenvalue weighted by atomic mass is 10.1. The standard InChI is InChI=1S/C28H35F3N4/c1-3-5-7-9-11-22-14-18-24(19-15-22)34-27-32-20-25(28(29,30)31)26(35-27)33-23-16-12-21(13-17-23)10-8-6-4-2/h12-20H,3-11H2,1-2H3,(H2,32,33,34,35). The molecule has 2 N–H and O–H groups in total. The largest absolute Gasteiger partial charge is 0.421 e. The molecule has 1 aromatic heterocycles. The Morgan fingerprint density at radius 2 is 1.20 bits per heavy atom. The number of nitrogens with zero attached hydrogens (tertiary/aromatic N) is 2. The topological polar surface area (TPSA) is 49.8 Å². The van der Waals surface area contributed by atoms with Crippen LogP contribution in [0.4, 0.5) is 36.3 Å². The van der Waals surface area contributed by atoms with Gasteiger partial charge in [0.05, 0.1) is 0 Å². The number of anilines is 4. The van der Waals surface area contributed by atoms with Crippen molar-refractivity contribution in [3.05, 3.63) is 71.4 Å². The van der Waals surface area contributed by atoms with Crippen LogP contribution in [0, 0.1) is 0 Å². The Labute approximate surface area is 206 Å². The summed E-state index contributed by atoms with van der Waals surface area (Å²) in [6, 6.07) is 15.3. The summed E-state index contributed by atoms with van der Waals surface area (Å²) >= 11 is 0. The molecule has 0 spiro atoms. The first kappa shape index (κ1) is 26.5. The van der Waals surface area contributed by atoms with Gasteiger partial charge in [-0.25, -0.2) is 4.98 Å². The molecule has 4 nitrogen and oxygen atoms in total. The molecule has 7 heteroatoms. The molecule has 1 heterocycles. The van der Waals surface area contributed by atoms with E-state index in [1.165, 1.54) is 30.4 Å². The van der Waals surface area contributed by atoms with Gasteiger partial charge in [0.2, 0.25) is 5.95 Å². The Morgan fingerprint density at radius 1 is 0.686 bits per heavy atom. The molecule has 0 saturated heterocycles. The van der Waals surface area contributed by atoms with Crippen LogP contribution in [-0.4, -0.2) is 9.97 Å². The van der Waals surface area contributed by atoms with Crippen LogP contribution in [0.3, 0.4) is 0 Å². The van der Waals surface area contributed by atoms with Crippen molar-refractivity contribution in [3.8, 4) is 0 Å². The molecule has 35 heavy (non-hydrogen) atoms. The lowest BCUT2D eigenvalue weighted by Gasteiger charge is -2.15. The SMILES string of the molecule is CCCCCCc1ccc(Nc2ncc(C(F)(F)F)c(Nc3ccc(CCCCC)cc3)n2)cc1. The van der Waals surface area contributed by atoms with Gasteiger partial charge in [-0.15, -0.1) is 0 Å². The van der Waals surface area contributed by atoms with E-state index in [-0.39, 0.29) is 11.8 Å². The molecule has 3 aromatic rings. The van der Waals surface area contributed by atoms with Crippen LogP contribution in [0.1, 0.15) is 75.5 Å². The molecule has 0 saturated carbocycles. The predicted molar refractivity (Wildman–Crippen MR) is 138 cm³/mol. The summed E-state index contributed by atoms with van der Waals surface area (Å²) in [4.78, 5) is 8.06. The first-order valence-corrected chi connectivity index (χ1v) is 12.5. The zero-order chi connectivity index (χ0) is 25.1. The van der Waals surface area contributed by atoms with E-state index >= 15 is 0 Å². The Bertz CT molecular complexity index is 1030. The summed E-state index contributed by atoms with van der Waals surface area (Å²) < 4.78 is 40.8. The lowest BCUT2D eigenvalue weighted by molar-refractivity contribution is -0.137. The van der Waals surface area contributed by atoms with Crippen LogP contribution in [0.2, 0.25) is 0 Å². The van der Waals surface area contributed by atoms with Gasteiger partial charge in [-0.2, -0.15) is 18.2 Å². The highest BCUT2D eigenvalue weighted by molar-refractivity contribution is 5.63. The molecule has 0 radical (unpaired) electrons. The maximum Gasteiger partial charge on any atom is 0.421 e. The molecule has 0 fully saturated rings. The highest BCUT2D eigenvalue weighted by atomic mass is 19.4. The zero-order valence-electron chi connectivity index (χ0n) is 20.6. The third-order valence-corrected chi connectivity index (χ3v) is 5.91. The van der Waals surface area contributed by atoms with Crippen molar-refractivity contribution in [1.82, 2.24) is 9.97 Å². The fourth-order valence-corrected chi connectivity index (χ4v) is 3.86. The van der Waals surface area contributed by atoms with E-state index in [0.717, 1.165) is 50.4 Å². The van der Waals surface area contributed by atoms with E-state index in [4.69, 9.17) is 0 Å². The fraction of sp³-hybridized carbons (Fsp3) is 0.429. The predicted octanol–water partition coefficient (Wildman–Crippen LogP) is 8.84. The van der Waals surface area contributed by atoms with E-state index in [0.29, 0.717) is 5.69 Å². The third kappa shape index (κ3) is 8.57. The molecule has 0 aliphatic heterocycles. The molecule has 0 aliphatic carbocycles. The lowest BCUT2D eigenvalue weighted by Crippen LogP contribution is -2.12. The highest BCUT2D eigenvalue weighted by Crippen LogP contribution is 2.35. The van der Waals surface area contributed by atoms with E-state index in [1.807, 2.05) is 36.4 Å². The average Bonchev–Trinajstić information content (AvgIpc) is 2.83. The van der Waals surface area contributed by atoms with Crippen molar-refractivity contribution in [2.45, 2.75) is 77.8 Å². The van der Waals surface area contributed by atoms with E-state index in [1.54, 1.807) is 12.1 Å². The monoisotopic (exact) mass is 484 g/mol. The van der Waals surface area contributed by atoms with Crippen molar-refractivity contribution in [2.75, 3.05) is 10.6 Å². The van der Waals surface area contributed by atoms with E-state index < -0.39 is 11.7 Å². The van der Waals surface area contributed by atoms with Crippen molar-refractivity contribution in [3.63, 3.8) is 0 Å². The van der Waals surface area contributed by atoms with Gasteiger partial charge in [-0.3, -0.25) is 0 Å². The molecule has 0 atom stereocenters. The Kier molecular flexibility index (Phi) is 9.94. The van der Waals surface area contributed by atoms with Crippen LogP contribution in [0.25, 0.3) is 0 Å². The zero-order valence-corrected chi connectivity index (χ0v) is 20.6. The van der Waals surface area contributed by atoms with Crippen LogP contribution in [0.15, 0.2) is 54.7 Å². The van der Waals surface area contributed by atoms with Gasteiger partial charge >= 0.3 is 6.18 Å². The third-order valence-electron chi connectivity index (χ3n) is 5.91. The number of rotatable bonds is 13. The van der Waals surface area contributed by atoms with Crippen molar-refractivity contribution >= 4 is 23.1 Å². The molecule has 0 unspecified atom stereocenters. The van der Waals surface area contributed by atoms with Gasteiger partial charge in [-0.1, -0.05) is 70.2 Å². The van der Waals surface area contributed by atoms with Crippen molar-refractivity contribution in [1.29, 1.82) is 0 Å². The van der Waals surface area contributed by atoms with E-state index in [9.17, 15) is 13.2 Å². The highest BCUT2D eigenvalue weighted by Gasteiger charge is 2.35.